The van der Waals surface area contributed by atoms with E-state index in [-0.39, 0.29) is 5.41 Å². The number of hydrogen-bond acceptors (Lipinski definition) is 5. The van der Waals surface area contributed by atoms with Crippen LogP contribution >= 0.6 is 0 Å². The maximum atomic E-state index is 5.99. The van der Waals surface area contributed by atoms with E-state index in [4.69, 9.17) is 11.5 Å². The second-order valence-electron chi connectivity index (χ2n) is 5.52. The highest BCUT2D eigenvalue weighted by Gasteiger charge is 2.20. The van der Waals surface area contributed by atoms with Gasteiger partial charge in [0.15, 0.2) is 5.82 Å². The molecular formula is C13H20N6. The van der Waals surface area contributed by atoms with E-state index < -0.39 is 0 Å². The summed E-state index contributed by atoms with van der Waals surface area (Å²) in [6.45, 7) is 7.27. The molecule has 0 aliphatic carbocycles. The molecule has 102 valence electrons. The molecule has 0 saturated heterocycles. The maximum Gasteiger partial charge on any atom is 0.184 e. The molecule has 0 radical (unpaired) electrons. The van der Waals surface area contributed by atoms with E-state index in [2.05, 4.69) is 36.3 Å². The van der Waals surface area contributed by atoms with Gasteiger partial charge in [-0.1, -0.05) is 20.8 Å². The van der Waals surface area contributed by atoms with E-state index >= 15 is 0 Å². The third kappa shape index (κ3) is 2.83. The van der Waals surface area contributed by atoms with E-state index in [1.54, 1.807) is 16.8 Å². The first kappa shape index (κ1) is 13.3. The lowest BCUT2D eigenvalue weighted by Crippen LogP contribution is -2.20. The van der Waals surface area contributed by atoms with Crippen LogP contribution in [-0.2, 0) is 6.54 Å². The Hall–Kier alpha value is -2.11. The molecule has 0 spiro atoms. The summed E-state index contributed by atoms with van der Waals surface area (Å²) in [6, 6.07) is 5.38. The van der Waals surface area contributed by atoms with E-state index in [9.17, 15) is 0 Å². The van der Waals surface area contributed by atoms with Gasteiger partial charge < -0.3 is 11.5 Å². The quantitative estimate of drug-likeness (QED) is 0.819. The molecular weight excluding hydrogens is 240 g/mol. The van der Waals surface area contributed by atoms with Gasteiger partial charge in [-0.3, -0.25) is 0 Å². The molecule has 0 aliphatic heterocycles. The van der Waals surface area contributed by atoms with Crippen LogP contribution in [0.5, 0.6) is 0 Å². The number of benzene rings is 1. The first-order chi connectivity index (χ1) is 8.93. The average Bonchev–Trinajstić information content (AvgIpc) is 2.76. The molecule has 0 atom stereocenters. The minimum absolute atomic E-state index is 0.132. The van der Waals surface area contributed by atoms with Crippen molar-refractivity contribution in [1.29, 1.82) is 0 Å². The number of aromatic nitrogens is 4. The third-order valence-corrected chi connectivity index (χ3v) is 3.38. The van der Waals surface area contributed by atoms with Crippen molar-refractivity contribution in [3.8, 4) is 11.4 Å². The molecule has 2 aromatic rings. The Morgan fingerprint density at radius 2 is 2.00 bits per heavy atom. The molecule has 0 amide bonds. The normalized spacial score (nSPS) is 11.7. The van der Waals surface area contributed by atoms with Crippen LogP contribution < -0.4 is 11.5 Å². The van der Waals surface area contributed by atoms with Gasteiger partial charge in [-0.2, -0.15) is 0 Å². The van der Waals surface area contributed by atoms with Gasteiger partial charge in [-0.05, 0) is 40.5 Å². The molecule has 1 aromatic heterocycles. The fraction of sp³-hybridized carbons (Fsp3) is 0.462. The molecule has 6 nitrogen and oxygen atoms in total. The van der Waals surface area contributed by atoms with Gasteiger partial charge in [0.1, 0.15) is 0 Å². The number of tetrazole rings is 1. The number of nitrogen functional groups attached to an aromatic ring is 2. The van der Waals surface area contributed by atoms with Crippen LogP contribution in [0, 0.1) is 5.41 Å². The van der Waals surface area contributed by atoms with Crippen LogP contribution in [-0.4, -0.2) is 20.2 Å². The summed E-state index contributed by atoms with van der Waals surface area (Å²) in [7, 11) is 0. The van der Waals surface area contributed by atoms with E-state index in [0.717, 1.165) is 18.5 Å². The zero-order chi connectivity index (χ0) is 14.0. The molecule has 0 unspecified atom stereocenters. The maximum absolute atomic E-state index is 5.99. The Kier molecular flexibility index (Phi) is 3.42. The predicted octanol–water partition coefficient (Wildman–Crippen LogP) is 1.94. The molecule has 1 aromatic carbocycles. The third-order valence-electron chi connectivity index (χ3n) is 3.38. The molecule has 0 saturated carbocycles. The fourth-order valence-electron chi connectivity index (χ4n) is 1.81. The van der Waals surface area contributed by atoms with Crippen LogP contribution in [0.3, 0.4) is 0 Å². The minimum atomic E-state index is 0.132. The van der Waals surface area contributed by atoms with Crippen molar-refractivity contribution < 1.29 is 0 Å². The monoisotopic (exact) mass is 260 g/mol. The first-order valence-corrected chi connectivity index (χ1v) is 6.34. The van der Waals surface area contributed by atoms with Gasteiger partial charge in [0.05, 0.1) is 6.54 Å². The zero-order valence-electron chi connectivity index (χ0n) is 11.6. The average molecular weight is 260 g/mol. The SMILES string of the molecule is CCC(C)(C)Cn1nnnc1-c1ccc(N)cc1N. The van der Waals surface area contributed by atoms with Crippen molar-refractivity contribution in [2.45, 2.75) is 33.7 Å². The van der Waals surface area contributed by atoms with Gasteiger partial charge >= 0.3 is 0 Å². The standard InChI is InChI=1S/C13H20N6/c1-4-13(2,3)8-19-12(16-17-18-19)10-6-5-9(14)7-11(10)15/h5-7H,4,8,14-15H2,1-3H3. The van der Waals surface area contributed by atoms with E-state index in [1.165, 1.54) is 0 Å². The summed E-state index contributed by atoms with van der Waals surface area (Å²) in [5, 5.41) is 11.9. The van der Waals surface area contributed by atoms with Crippen molar-refractivity contribution in [2.75, 3.05) is 11.5 Å². The molecule has 6 heteroatoms. The summed E-state index contributed by atoms with van der Waals surface area (Å²) in [4.78, 5) is 0. The van der Waals surface area contributed by atoms with Crippen molar-refractivity contribution in [1.82, 2.24) is 20.2 Å². The summed E-state index contributed by atoms with van der Waals surface area (Å²) in [5.41, 5.74) is 13.9. The van der Waals surface area contributed by atoms with Crippen LogP contribution in [0.25, 0.3) is 11.4 Å². The molecule has 2 rings (SSSR count). The molecule has 0 bridgehead atoms. The molecule has 1 heterocycles. The highest BCUT2D eigenvalue weighted by atomic mass is 15.5. The smallest absolute Gasteiger partial charge is 0.184 e. The molecule has 0 aliphatic rings. The number of nitrogens with zero attached hydrogens (tertiary/aromatic N) is 4. The highest BCUT2D eigenvalue weighted by molar-refractivity contribution is 5.74. The van der Waals surface area contributed by atoms with E-state index in [0.29, 0.717) is 17.2 Å². The Labute approximate surface area is 112 Å². The Balaban J connectivity index is 2.39. The molecule has 0 fully saturated rings. The summed E-state index contributed by atoms with van der Waals surface area (Å²) in [5.74, 6) is 0.680. The highest BCUT2D eigenvalue weighted by Crippen LogP contribution is 2.28. The van der Waals surface area contributed by atoms with Crippen LogP contribution in [0.4, 0.5) is 11.4 Å². The number of hydrogen-bond donors (Lipinski definition) is 2. The van der Waals surface area contributed by atoms with E-state index in [1.807, 2.05) is 6.07 Å². The predicted molar refractivity (Wildman–Crippen MR) is 76.1 cm³/mol. The van der Waals surface area contributed by atoms with Crippen molar-refractivity contribution >= 4 is 11.4 Å². The minimum Gasteiger partial charge on any atom is -0.399 e. The zero-order valence-corrected chi connectivity index (χ0v) is 11.6. The number of nitrogens with two attached hydrogens (primary N) is 2. The lowest BCUT2D eigenvalue weighted by atomic mass is 9.90. The Bertz CT molecular complexity index is 572. The first-order valence-electron chi connectivity index (χ1n) is 6.34. The second-order valence-corrected chi connectivity index (χ2v) is 5.52. The van der Waals surface area contributed by atoms with Gasteiger partial charge in [-0.25, -0.2) is 4.68 Å². The van der Waals surface area contributed by atoms with Crippen molar-refractivity contribution in [2.24, 2.45) is 5.41 Å². The second kappa shape index (κ2) is 4.87. The van der Waals surface area contributed by atoms with Gasteiger partial charge in [-0.15, -0.1) is 5.10 Å². The van der Waals surface area contributed by atoms with Crippen molar-refractivity contribution in [3.63, 3.8) is 0 Å². The van der Waals surface area contributed by atoms with Crippen LogP contribution in [0.2, 0.25) is 0 Å². The van der Waals surface area contributed by atoms with Gasteiger partial charge in [0.25, 0.3) is 0 Å². The summed E-state index contributed by atoms with van der Waals surface area (Å²) in [6.07, 6.45) is 1.05. The summed E-state index contributed by atoms with van der Waals surface area (Å²) < 4.78 is 1.80. The molecule has 4 N–H and O–H groups in total. The van der Waals surface area contributed by atoms with Crippen LogP contribution in [0.15, 0.2) is 18.2 Å². The number of anilines is 2. The van der Waals surface area contributed by atoms with Gasteiger partial charge in [0.2, 0.25) is 0 Å². The van der Waals surface area contributed by atoms with Gasteiger partial charge in [0, 0.05) is 16.9 Å². The largest absolute Gasteiger partial charge is 0.399 e. The fourth-order valence-corrected chi connectivity index (χ4v) is 1.81. The lowest BCUT2D eigenvalue weighted by molar-refractivity contribution is 0.279. The summed E-state index contributed by atoms with van der Waals surface area (Å²) >= 11 is 0. The topological polar surface area (TPSA) is 95.6 Å². The Morgan fingerprint density at radius 3 is 2.63 bits per heavy atom. The lowest BCUT2D eigenvalue weighted by Gasteiger charge is -2.22. The van der Waals surface area contributed by atoms with Crippen molar-refractivity contribution in [3.05, 3.63) is 18.2 Å². The van der Waals surface area contributed by atoms with Crippen LogP contribution in [0.1, 0.15) is 27.2 Å². The number of rotatable bonds is 4. The molecule has 19 heavy (non-hydrogen) atoms. The Morgan fingerprint density at radius 1 is 1.26 bits per heavy atom.